The molecule has 0 spiro atoms. The fourth-order valence-electron chi connectivity index (χ4n) is 5.00. The van der Waals surface area contributed by atoms with E-state index in [1.807, 2.05) is 31.2 Å². The highest BCUT2D eigenvalue weighted by Crippen LogP contribution is 2.28. The number of hydrogen-bond donors (Lipinski definition) is 2. The Balaban J connectivity index is 1.44. The van der Waals surface area contributed by atoms with Gasteiger partial charge in [0.15, 0.2) is 0 Å². The van der Waals surface area contributed by atoms with E-state index in [1.54, 1.807) is 0 Å². The number of allylic oxidation sites excluding steroid dienone is 1. The maximum Gasteiger partial charge on any atom is 0.255 e. The summed E-state index contributed by atoms with van der Waals surface area (Å²) < 4.78 is 5.45. The van der Waals surface area contributed by atoms with E-state index in [9.17, 15) is 4.79 Å². The third-order valence-electron chi connectivity index (χ3n) is 7.31. The standard InChI is InChI=1S/C29H40N4O2/c1-3-23(21-28(30)33-15-12-22(2)13-16-33)29(34)31-27-11-10-24(25-8-4-5-9-26(25)27)7-6-14-32-17-19-35-20-18-32/h3-5,8-11,21-22H,6-7,12-20,30H2,1-2H3,(H,31,34)/b23-3+,28-21+. The highest BCUT2D eigenvalue weighted by molar-refractivity contribution is 6.10. The van der Waals surface area contributed by atoms with Crippen molar-refractivity contribution in [2.75, 3.05) is 51.3 Å². The van der Waals surface area contributed by atoms with Crippen LogP contribution in [0.3, 0.4) is 0 Å². The predicted molar refractivity (Wildman–Crippen MR) is 144 cm³/mol. The van der Waals surface area contributed by atoms with Crippen molar-refractivity contribution in [1.29, 1.82) is 0 Å². The van der Waals surface area contributed by atoms with Gasteiger partial charge in [0.05, 0.1) is 19.0 Å². The number of carbonyl (C=O) groups excluding carboxylic acids is 1. The van der Waals surface area contributed by atoms with Gasteiger partial charge >= 0.3 is 0 Å². The Morgan fingerprint density at radius 1 is 1.09 bits per heavy atom. The predicted octanol–water partition coefficient (Wildman–Crippen LogP) is 4.52. The van der Waals surface area contributed by atoms with Crippen LogP contribution < -0.4 is 11.1 Å². The van der Waals surface area contributed by atoms with E-state index in [0.717, 1.165) is 88.6 Å². The van der Waals surface area contributed by atoms with Gasteiger partial charge in [-0.15, -0.1) is 0 Å². The van der Waals surface area contributed by atoms with Crippen molar-refractivity contribution in [1.82, 2.24) is 9.80 Å². The molecule has 3 N–H and O–H groups in total. The second-order valence-corrected chi connectivity index (χ2v) is 9.81. The van der Waals surface area contributed by atoms with Gasteiger partial charge in [-0.05, 0) is 68.2 Å². The molecule has 2 aromatic rings. The van der Waals surface area contributed by atoms with Crippen LogP contribution in [0.4, 0.5) is 5.69 Å². The quantitative estimate of drug-likeness (QED) is 0.433. The molecular weight excluding hydrogens is 436 g/mol. The molecule has 1 amide bonds. The summed E-state index contributed by atoms with van der Waals surface area (Å²) in [4.78, 5) is 17.8. The molecule has 0 atom stereocenters. The number of piperidine rings is 1. The van der Waals surface area contributed by atoms with Gasteiger partial charge in [-0.3, -0.25) is 9.69 Å². The van der Waals surface area contributed by atoms with Crippen LogP contribution >= 0.6 is 0 Å². The number of anilines is 1. The Morgan fingerprint density at radius 2 is 1.80 bits per heavy atom. The first kappa shape index (κ1) is 25.3. The van der Waals surface area contributed by atoms with E-state index in [-0.39, 0.29) is 5.91 Å². The molecule has 2 aromatic carbocycles. The lowest BCUT2D eigenvalue weighted by Gasteiger charge is -2.32. The van der Waals surface area contributed by atoms with Gasteiger partial charge in [0, 0.05) is 42.8 Å². The molecule has 2 aliphatic heterocycles. The number of hydrogen-bond acceptors (Lipinski definition) is 5. The fourth-order valence-corrected chi connectivity index (χ4v) is 5.00. The monoisotopic (exact) mass is 476 g/mol. The summed E-state index contributed by atoms with van der Waals surface area (Å²) in [5, 5.41) is 5.41. The zero-order chi connectivity index (χ0) is 24.6. The van der Waals surface area contributed by atoms with Crippen LogP contribution in [0, 0.1) is 5.92 Å². The summed E-state index contributed by atoms with van der Waals surface area (Å²) in [5.41, 5.74) is 9.11. The van der Waals surface area contributed by atoms with Crippen LogP contribution in [-0.2, 0) is 16.0 Å². The number of carbonyl (C=O) groups is 1. The SMILES string of the molecule is C/C=C(\C=C(/N)N1CCC(C)CC1)C(=O)Nc1ccc(CCCN2CCOCC2)c2ccccc12. The average Bonchev–Trinajstić information content (AvgIpc) is 2.89. The van der Waals surface area contributed by atoms with E-state index < -0.39 is 0 Å². The Hall–Kier alpha value is -2.83. The van der Waals surface area contributed by atoms with Crippen LogP contribution in [0.25, 0.3) is 10.8 Å². The van der Waals surface area contributed by atoms with Crippen molar-refractivity contribution in [3.05, 3.63) is 65.5 Å². The smallest absolute Gasteiger partial charge is 0.255 e. The Morgan fingerprint density at radius 3 is 2.51 bits per heavy atom. The van der Waals surface area contributed by atoms with Crippen molar-refractivity contribution in [3.63, 3.8) is 0 Å². The third-order valence-corrected chi connectivity index (χ3v) is 7.31. The molecule has 0 unspecified atom stereocenters. The van der Waals surface area contributed by atoms with Gasteiger partial charge in [-0.2, -0.15) is 0 Å². The third kappa shape index (κ3) is 6.65. The van der Waals surface area contributed by atoms with Gasteiger partial charge < -0.3 is 20.7 Å². The number of amides is 1. The van der Waals surface area contributed by atoms with Gasteiger partial charge in [0.2, 0.25) is 0 Å². The van der Waals surface area contributed by atoms with E-state index in [4.69, 9.17) is 10.5 Å². The number of rotatable bonds is 8. The maximum absolute atomic E-state index is 13.2. The molecule has 2 aliphatic rings. The summed E-state index contributed by atoms with van der Waals surface area (Å²) in [6.45, 7) is 10.9. The van der Waals surface area contributed by atoms with Gasteiger partial charge in [0.1, 0.15) is 0 Å². The summed E-state index contributed by atoms with van der Waals surface area (Å²) in [6.07, 6.45) is 8.04. The molecule has 6 nitrogen and oxygen atoms in total. The van der Waals surface area contributed by atoms with Gasteiger partial charge in [-0.25, -0.2) is 0 Å². The number of benzene rings is 2. The van der Waals surface area contributed by atoms with Crippen LogP contribution in [-0.4, -0.2) is 61.6 Å². The highest BCUT2D eigenvalue weighted by atomic mass is 16.5. The van der Waals surface area contributed by atoms with Crippen LogP contribution in [0.2, 0.25) is 0 Å². The van der Waals surface area contributed by atoms with Crippen molar-refractivity contribution >= 4 is 22.4 Å². The summed E-state index contributed by atoms with van der Waals surface area (Å²) >= 11 is 0. The van der Waals surface area contributed by atoms with E-state index in [0.29, 0.717) is 11.4 Å². The number of fused-ring (bicyclic) bond motifs is 1. The van der Waals surface area contributed by atoms with Crippen molar-refractivity contribution in [2.45, 2.75) is 39.5 Å². The van der Waals surface area contributed by atoms with Gasteiger partial charge in [0.25, 0.3) is 5.91 Å². The van der Waals surface area contributed by atoms with E-state index >= 15 is 0 Å². The zero-order valence-electron chi connectivity index (χ0n) is 21.3. The molecule has 35 heavy (non-hydrogen) atoms. The largest absolute Gasteiger partial charge is 0.385 e. The average molecular weight is 477 g/mol. The highest BCUT2D eigenvalue weighted by Gasteiger charge is 2.18. The number of nitrogens with two attached hydrogens (primary N) is 1. The van der Waals surface area contributed by atoms with E-state index in [2.05, 4.69) is 46.3 Å². The van der Waals surface area contributed by atoms with E-state index in [1.165, 1.54) is 10.9 Å². The number of nitrogens with one attached hydrogen (secondary N) is 1. The Kier molecular flexibility index (Phi) is 8.83. The van der Waals surface area contributed by atoms with Gasteiger partial charge in [-0.1, -0.05) is 43.3 Å². The van der Waals surface area contributed by atoms with Crippen molar-refractivity contribution < 1.29 is 9.53 Å². The second-order valence-electron chi connectivity index (χ2n) is 9.81. The molecule has 0 radical (unpaired) electrons. The number of likely N-dealkylation sites (tertiary alicyclic amines) is 1. The first-order valence-corrected chi connectivity index (χ1v) is 13.1. The normalized spacial score (nSPS) is 18.7. The molecule has 6 heteroatoms. The zero-order valence-corrected chi connectivity index (χ0v) is 21.3. The van der Waals surface area contributed by atoms with Crippen LogP contribution in [0.5, 0.6) is 0 Å². The molecule has 2 heterocycles. The Labute approximate surface area is 209 Å². The minimum Gasteiger partial charge on any atom is -0.385 e. The minimum absolute atomic E-state index is 0.133. The number of morpholine rings is 1. The molecular formula is C29H40N4O2. The first-order chi connectivity index (χ1) is 17.0. The topological polar surface area (TPSA) is 70.8 Å². The summed E-state index contributed by atoms with van der Waals surface area (Å²) in [7, 11) is 0. The number of aryl methyl sites for hydroxylation is 1. The molecule has 0 aliphatic carbocycles. The maximum atomic E-state index is 13.2. The lowest BCUT2D eigenvalue weighted by atomic mass is 9.99. The molecule has 2 saturated heterocycles. The van der Waals surface area contributed by atoms with Crippen molar-refractivity contribution in [3.8, 4) is 0 Å². The molecule has 188 valence electrons. The molecule has 0 aromatic heterocycles. The molecule has 2 fully saturated rings. The summed E-state index contributed by atoms with van der Waals surface area (Å²) in [5.74, 6) is 1.27. The lowest BCUT2D eigenvalue weighted by molar-refractivity contribution is -0.112. The summed E-state index contributed by atoms with van der Waals surface area (Å²) in [6, 6.07) is 12.5. The lowest BCUT2D eigenvalue weighted by Crippen LogP contribution is -2.36. The minimum atomic E-state index is -0.133. The molecule has 0 saturated carbocycles. The number of nitrogens with zero attached hydrogens (tertiary/aromatic N) is 2. The van der Waals surface area contributed by atoms with Crippen LogP contribution in [0.15, 0.2) is 59.9 Å². The second kappa shape index (κ2) is 12.2. The van der Waals surface area contributed by atoms with Crippen LogP contribution in [0.1, 0.15) is 38.7 Å². The number of ether oxygens (including phenoxy) is 1. The Bertz CT molecular complexity index is 1060. The van der Waals surface area contributed by atoms with Crippen molar-refractivity contribution in [2.24, 2.45) is 11.7 Å². The molecule has 4 rings (SSSR count). The molecule has 0 bridgehead atoms. The first-order valence-electron chi connectivity index (χ1n) is 13.1. The fraction of sp³-hybridized carbons (Fsp3) is 0.483.